The van der Waals surface area contributed by atoms with Crippen LogP contribution >= 0.6 is 0 Å². The van der Waals surface area contributed by atoms with E-state index in [1.165, 1.54) is 6.08 Å². The second kappa shape index (κ2) is 4.42. The fourth-order valence-corrected chi connectivity index (χ4v) is 1.68. The molecule has 102 valence electrons. The molecule has 0 aromatic rings. The largest absolute Gasteiger partial charge is 0.477 e. The number of carbonyl (C=O) groups is 3. The van der Waals surface area contributed by atoms with Gasteiger partial charge in [0.05, 0.1) is 5.54 Å². The normalized spacial score (nSPS) is 24.2. The molecule has 2 N–H and O–H groups in total. The monoisotopic (exact) mass is 265 g/mol. The number of imide groups is 2. The molecule has 2 heterocycles. The van der Waals surface area contributed by atoms with Gasteiger partial charge in [-0.05, 0) is 26.0 Å². The number of nitrogens with zero attached hydrogens (tertiary/aromatic N) is 1. The molecule has 2 aliphatic rings. The predicted molar refractivity (Wildman–Crippen MR) is 65.6 cm³/mol. The molecular formula is C12H15N3O4. The molecule has 0 atom stereocenters. The van der Waals surface area contributed by atoms with E-state index in [9.17, 15) is 14.4 Å². The number of amides is 4. The maximum atomic E-state index is 11.5. The Hall–Kier alpha value is -2.31. The molecule has 7 heteroatoms. The maximum absolute atomic E-state index is 11.5. The smallest absolute Gasteiger partial charge is 0.328 e. The molecular weight excluding hydrogens is 250 g/mol. The zero-order valence-corrected chi connectivity index (χ0v) is 10.9. The molecule has 2 aliphatic heterocycles. The Bertz CT molecular complexity index is 497. The highest BCUT2D eigenvalue weighted by Gasteiger charge is 2.34. The lowest BCUT2D eigenvalue weighted by Gasteiger charge is -2.25. The molecule has 0 bridgehead atoms. The summed E-state index contributed by atoms with van der Waals surface area (Å²) in [6, 6.07) is -0.810. The fraction of sp³-hybridized carbons (Fsp3) is 0.417. The van der Waals surface area contributed by atoms with Crippen molar-refractivity contribution in [2.75, 3.05) is 13.7 Å². The minimum Gasteiger partial charge on any atom is -0.477 e. The van der Waals surface area contributed by atoms with Gasteiger partial charge in [0.15, 0.2) is 5.88 Å². The molecule has 0 radical (unpaired) electrons. The van der Waals surface area contributed by atoms with Crippen LogP contribution in [0.3, 0.4) is 0 Å². The molecule has 2 fully saturated rings. The predicted octanol–water partition coefficient (Wildman–Crippen LogP) is -0.139. The Labute approximate surface area is 110 Å². The van der Waals surface area contributed by atoms with Crippen LogP contribution in [0.15, 0.2) is 23.6 Å². The van der Waals surface area contributed by atoms with Gasteiger partial charge >= 0.3 is 6.03 Å². The van der Waals surface area contributed by atoms with E-state index < -0.39 is 17.8 Å². The minimum absolute atomic E-state index is 0.131. The van der Waals surface area contributed by atoms with Gasteiger partial charge < -0.3 is 9.64 Å². The van der Waals surface area contributed by atoms with Crippen LogP contribution in [0.25, 0.3) is 0 Å². The Morgan fingerprint density at radius 2 is 1.74 bits per heavy atom. The van der Waals surface area contributed by atoms with E-state index >= 15 is 0 Å². The number of likely N-dealkylation sites (N-methyl/N-ethyl adjacent to an activating group) is 1. The number of rotatable bonds is 1. The lowest BCUT2D eigenvalue weighted by molar-refractivity contribution is -0.124. The molecule has 19 heavy (non-hydrogen) atoms. The molecule has 0 spiro atoms. The first-order valence-electron chi connectivity index (χ1n) is 5.76. The van der Waals surface area contributed by atoms with Gasteiger partial charge in [0, 0.05) is 7.05 Å². The summed E-state index contributed by atoms with van der Waals surface area (Å²) >= 11 is 0. The first-order chi connectivity index (χ1) is 8.81. The summed E-state index contributed by atoms with van der Waals surface area (Å²) in [5, 5.41) is 4.00. The Morgan fingerprint density at radius 1 is 1.16 bits per heavy atom. The quantitative estimate of drug-likeness (QED) is 0.509. The average Bonchev–Trinajstić information content (AvgIpc) is 2.54. The van der Waals surface area contributed by atoms with Crippen LogP contribution in [0.4, 0.5) is 4.79 Å². The molecule has 2 saturated heterocycles. The van der Waals surface area contributed by atoms with E-state index in [1.807, 2.05) is 36.4 Å². The van der Waals surface area contributed by atoms with Crippen LogP contribution in [0, 0.1) is 0 Å². The highest BCUT2D eigenvalue weighted by Crippen LogP contribution is 2.27. The van der Waals surface area contributed by atoms with Crippen LogP contribution in [-0.4, -0.2) is 41.9 Å². The summed E-state index contributed by atoms with van der Waals surface area (Å²) in [5.74, 6) is -0.869. The van der Waals surface area contributed by atoms with Gasteiger partial charge in [-0.25, -0.2) is 4.79 Å². The van der Waals surface area contributed by atoms with Crippen molar-refractivity contribution in [3.63, 3.8) is 0 Å². The molecule has 0 saturated carbocycles. The molecule has 0 aromatic heterocycles. The van der Waals surface area contributed by atoms with Crippen molar-refractivity contribution in [3.8, 4) is 0 Å². The van der Waals surface area contributed by atoms with E-state index in [4.69, 9.17) is 4.74 Å². The maximum Gasteiger partial charge on any atom is 0.328 e. The molecule has 0 aliphatic carbocycles. The molecule has 0 unspecified atom stereocenters. The lowest BCUT2D eigenvalue weighted by Crippen LogP contribution is -2.51. The molecule has 4 amide bonds. The third-order valence-electron chi connectivity index (χ3n) is 3.15. The van der Waals surface area contributed by atoms with Crippen molar-refractivity contribution in [1.29, 1.82) is 0 Å². The zero-order chi connectivity index (χ0) is 14.2. The van der Waals surface area contributed by atoms with Crippen LogP contribution in [-0.2, 0) is 14.3 Å². The van der Waals surface area contributed by atoms with Gasteiger partial charge in [-0.1, -0.05) is 0 Å². The third kappa shape index (κ3) is 2.44. The van der Waals surface area contributed by atoms with Gasteiger partial charge in [0.25, 0.3) is 11.8 Å². The van der Waals surface area contributed by atoms with Crippen LogP contribution < -0.4 is 10.6 Å². The number of barbiturate groups is 1. The van der Waals surface area contributed by atoms with Gasteiger partial charge in [-0.3, -0.25) is 20.2 Å². The highest BCUT2D eigenvalue weighted by atomic mass is 16.5. The van der Waals surface area contributed by atoms with E-state index in [0.29, 0.717) is 12.5 Å². The van der Waals surface area contributed by atoms with Gasteiger partial charge in [0.2, 0.25) is 0 Å². The number of hydrogen-bond donors (Lipinski definition) is 2. The van der Waals surface area contributed by atoms with Crippen LogP contribution in [0.5, 0.6) is 0 Å². The molecule has 7 nitrogen and oxygen atoms in total. The van der Waals surface area contributed by atoms with E-state index in [1.54, 1.807) is 6.08 Å². The van der Waals surface area contributed by atoms with Crippen LogP contribution in [0.1, 0.15) is 13.8 Å². The summed E-state index contributed by atoms with van der Waals surface area (Å²) < 4.78 is 5.48. The number of hydrogen-bond acceptors (Lipinski definition) is 5. The van der Waals surface area contributed by atoms with Gasteiger partial charge in [-0.15, -0.1) is 0 Å². The first kappa shape index (κ1) is 13.1. The summed E-state index contributed by atoms with van der Waals surface area (Å²) in [6.45, 7) is 4.55. The van der Waals surface area contributed by atoms with Crippen molar-refractivity contribution < 1.29 is 19.1 Å². The summed E-state index contributed by atoms with van der Waals surface area (Å²) in [5.41, 5.74) is -0.272. The van der Waals surface area contributed by atoms with Gasteiger partial charge in [-0.2, -0.15) is 0 Å². The average molecular weight is 265 g/mol. The summed E-state index contributed by atoms with van der Waals surface area (Å²) in [6.07, 6.45) is 2.88. The number of urea groups is 1. The first-order valence-corrected chi connectivity index (χ1v) is 5.76. The Morgan fingerprint density at radius 3 is 2.21 bits per heavy atom. The summed E-state index contributed by atoms with van der Waals surface area (Å²) in [7, 11) is 1.86. The Balaban J connectivity index is 2.21. The summed E-state index contributed by atoms with van der Waals surface area (Å²) in [4.78, 5) is 35.8. The lowest BCUT2D eigenvalue weighted by atomic mass is 10.1. The fourth-order valence-electron chi connectivity index (χ4n) is 1.68. The van der Waals surface area contributed by atoms with E-state index in [2.05, 4.69) is 0 Å². The van der Waals surface area contributed by atoms with Crippen molar-refractivity contribution in [2.24, 2.45) is 0 Å². The number of nitrogens with one attached hydrogen (secondary N) is 2. The van der Waals surface area contributed by atoms with Gasteiger partial charge in [0.1, 0.15) is 12.2 Å². The second-order valence-electron chi connectivity index (χ2n) is 4.98. The van der Waals surface area contributed by atoms with Crippen molar-refractivity contribution in [3.05, 3.63) is 23.6 Å². The third-order valence-corrected chi connectivity index (χ3v) is 3.15. The number of carbonyl (C=O) groups excluding carboxylic acids is 3. The van der Waals surface area contributed by atoms with Crippen molar-refractivity contribution in [2.45, 2.75) is 19.4 Å². The standard InChI is InChI=1S/C12H15N3O4/c1-12(2)6-19-8(15(12)3)5-4-7-9(16)13-11(18)14-10(7)17/h4-5H,6H2,1-3H3,(H2,13,14,16,17,18)/b8-5-. The van der Waals surface area contributed by atoms with E-state index in [0.717, 1.165) is 0 Å². The second-order valence-corrected chi connectivity index (χ2v) is 4.98. The zero-order valence-electron chi connectivity index (χ0n) is 10.9. The van der Waals surface area contributed by atoms with Crippen molar-refractivity contribution >= 4 is 17.8 Å². The minimum atomic E-state index is -0.810. The number of allylic oxidation sites excluding steroid dienone is 2. The molecule has 0 aromatic carbocycles. The van der Waals surface area contributed by atoms with Crippen LogP contribution in [0.2, 0.25) is 0 Å². The SMILES string of the molecule is CN1/C(=C/C=C2C(=O)NC(=O)NC2=O)OCC1(C)C. The van der Waals surface area contributed by atoms with Crippen molar-refractivity contribution in [1.82, 2.24) is 15.5 Å². The van der Waals surface area contributed by atoms with E-state index in [-0.39, 0.29) is 11.1 Å². The number of ether oxygens (including phenoxy) is 1. The topological polar surface area (TPSA) is 87.7 Å². The molecule has 2 rings (SSSR count). The Kier molecular flexibility index (Phi) is 3.05. The highest BCUT2D eigenvalue weighted by molar-refractivity contribution is 6.29.